The van der Waals surface area contributed by atoms with Crippen molar-refractivity contribution in [1.29, 1.82) is 0 Å². The summed E-state index contributed by atoms with van der Waals surface area (Å²) in [5.74, 6) is -0.280. The van der Waals surface area contributed by atoms with Gasteiger partial charge in [0.1, 0.15) is 0 Å². The highest BCUT2D eigenvalue weighted by atomic mass is 32.1. The van der Waals surface area contributed by atoms with E-state index in [1.165, 1.54) is 0 Å². The molecular weight excluding hydrogens is 396 g/mol. The minimum atomic E-state index is -0.281. The molecule has 152 valence electrons. The van der Waals surface area contributed by atoms with Crippen LogP contribution in [0.25, 0.3) is 10.8 Å². The summed E-state index contributed by atoms with van der Waals surface area (Å²) in [6, 6.07) is 19.0. The second-order valence-electron chi connectivity index (χ2n) is 7.10. The highest BCUT2D eigenvalue weighted by molar-refractivity contribution is 7.80. The van der Waals surface area contributed by atoms with Gasteiger partial charge in [-0.2, -0.15) is 0 Å². The first-order valence-electron chi connectivity index (χ1n) is 9.85. The Morgan fingerprint density at radius 3 is 2.47 bits per heavy atom. The second kappa shape index (κ2) is 8.51. The molecule has 0 saturated carbocycles. The lowest BCUT2D eigenvalue weighted by atomic mass is 10.1. The van der Waals surface area contributed by atoms with Crippen molar-refractivity contribution in [2.75, 3.05) is 11.4 Å². The summed E-state index contributed by atoms with van der Waals surface area (Å²) in [4.78, 5) is 27.0. The molecule has 30 heavy (non-hydrogen) atoms. The van der Waals surface area contributed by atoms with Crippen LogP contribution in [0.15, 0.2) is 60.7 Å². The molecule has 4 rings (SSSR count). The quantitative estimate of drug-likeness (QED) is 0.437. The molecule has 1 aliphatic rings. The van der Waals surface area contributed by atoms with Crippen LogP contribution in [0.5, 0.6) is 0 Å². The van der Waals surface area contributed by atoms with E-state index in [0.717, 1.165) is 40.6 Å². The summed E-state index contributed by atoms with van der Waals surface area (Å²) >= 11 is 5.08. The Bertz CT molecular complexity index is 1120. The summed E-state index contributed by atoms with van der Waals surface area (Å²) in [5.41, 5.74) is 8.36. The fourth-order valence-corrected chi connectivity index (χ4v) is 3.70. The molecule has 0 aromatic heterocycles. The highest BCUT2D eigenvalue weighted by Gasteiger charge is 2.29. The minimum Gasteiger partial charge on any atom is -0.361 e. The molecule has 3 N–H and O–H groups in total. The summed E-state index contributed by atoms with van der Waals surface area (Å²) < 4.78 is 0. The van der Waals surface area contributed by atoms with Gasteiger partial charge in [0.05, 0.1) is 12.2 Å². The number of rotatable bonds is 5. The van der Waals surface area contributed by atoms with Crippen LogP contribution in [0.3, 0.4) is 0 Å². The van der Waals surface area contributed by atoms with Gasteiger partial charge >= 0.3 is 0 Å². The monoisotopic (exact) mass is 418 g/mol. The molecule has 1 heterocycles. The molecule has 1 aliphatic heterocycles. The minimum absolute atomic E-state index is 0.000844. The summed E-state index contributed by atoms with van der Waals surface area (Å²) in [5, 5.41) is 5.42. The van der Waals surface area contributed by atoms with E-state index < -0.39 is 0 Å². The smallest absolute Gasteiger partial charge is 0.269 e. The third kappa shape index (κ3) is 3.84. The van der Waals surface area contributed by atoms with Gasteiger partial charge in [-0.25, -0.2) is 0 Å². The van der Waals surface area contributed by atoms with E-state index in [-0.39, 0.29) is 11.8 Å². The van der Waals surface area contributed by atoms with Crippen molar-refractivity contribution >= 4 is 45.6 Å². The van der Waals surface area contributed by atoms with Crippen LogP contribution >= 0.6 is 12.2 Å². The number of anilines is 1. The predicted octanol–water partition coefficient (Wildman–Crippen LogP) is 3.52. The van der Waals surface area contributed by atoms with Crippen molar-refractivity contribution in [3.05, 3.63) is 77.4 Å². The first-order valence-corrected chi connectivity index (χ1v) is 10.3. The van der Waals surface area contributed by atoms with Crippen LogP contribution in [0.2, 0.25) is 0 Å². The van der Waals surface area contributed by atoms with E-state index in [9.17, 15) is 9.59 Å². The van der Waals surface area contributed by atoms with Gasteiger partial charge < -0.3 is 10.2 Å². The Morgan fingerprint density at radius 1 is 1.00 bits per heavy atom. The number of carbonyl (C=O) groups excluding carboxylic acids is 2. The Hall–Kier alpha value is -3.45. The second-order valence-corrected chi connectivity index (χ2v) is 7.51. The third-order valence-electron chi connectivity index (χ3n) is 5.03. The largest absolute Gasteiger partial charge is 0.361 e. The van der Waals surface area contributed by atoms with Crippen LogP contribution in [-0.2, 0) is 6.54 Å². The molecule has 0 radical (unpaired) electrons. The Morgan fingerprint density at radius 2 is 1.73 bits per heavy atom. The number of nitrogens with zero attached hydrogens (tertiary/aromatic N) is 1. The fourth-order valence-electron chi connectivity index (χ4n) is 3.55. The maximum absolute atomic E-state index is 12.9. The molecular formula is C23H22N4O2S. The van der Waals surface area contributed by atoms with Crippen LogP contribution in [0, 0.1) is 0 Å². The average molecular weight is 419 g/mol. The molecule has 7 heteroatoms. The Balaban J connectivity index is 1.43. The number of thiocarbonyl (C=S) groups is 1. The van der Waals surface area contributed by atoms with Crippen molar-refractivity contribution < 1.29 is 9.59 Å². The van der Waals surface area contributed by atoms with Crippen molar-refractivity contribution in [3.8, 4) is 0 Å². The van der Waals surface area contributed by atoms with Crippen LogP contribution in [0.4, 0.5) is 5.69 Å². The lowest BCUT2D eigenvalue weighted by molar-refractivity contribution is 0.0942. The molecule has 0 fully saturated rings. The fraction of sp³-hybridized carbons (Fsp3) is 0.174. The van der Waals surface area contributed by atoms with E-state index in [4.69, 9.17) is 12.2 Å². The molecule has 0 unspecified atom stereocenters. The van der Waals surface area contributed by atoms with Crippen molar-refractivity contribution in [1.82, 2.24) is 16.2 Å². The number of hydrogen-bond donors (Lipinski definition) is 3. The SMILES string of the molecule is CCCNC(=S)NNC(=O)c1ccc(CN2C(=O)c3cccc4cccc2c34)cc1. The van der Waals surface area contributed by atoms with Gasteiger partial charge in [-0.15, -0.1) is 0 Å². The van der Waals surface area contributed by atoms with Crippen molar-refractivity contribution in [2.24, 2.45) is 0 Å². The average Bonchev–Trinajstić information content (AvgIpc) is 3.04. The summed E-state index contributed by atoms with van der Waals surface area (Å²) in [6.45, 7) is 3.21. The molecule has 0 atom stereocenters. The zero-order chi connectivity index (χ0) is 21.1. The third-order valence-corrected chi connectivity index (χ3v) is 5.28. The zero-order valence-corrected chi connectivity index (χ0v) is 17.4. The van der Waals surface area contributed by atoms with Gasteiger partial charge in [0.2, 0.25) is 0 Å². The van der Waals surface area contributed by atoms with E-state index in [0.29, 0.717) is 17.2 Å². The van der Waals surface area contributed by atoms with Gasteiger partial charge in [-0.1, -0.05) is 43.3 Å². The van der Waals surface area contributed by atoms with Crippen LogP contribution in [0.1, 0.15) is 39.6 Å². The maximum Gasteiger partial charge on any atom is 0.269 e. The number of carbonyl (C=O) groups is 2. The molecule has 0 bridgehead atoms. The van der Waals surface area contributed by atoms with E-state index >= 15 is 0 Å². The molecule has 0 saturated heterocycles. The van der Waals surface area contributed by atoms with Crippen molar-refractivity contribution in [2.45, 2.75) is 19.9 Å². The van der Waals surface area contributed by atoms with E-state index in [1.54, 1.807) is 17.0 Å². The van der Waals surface area contributed by atoms with E-state index in [1.807, 2.05) is 55.5 Å². The summed E-state index contributed by atoms with van der Waals surface area (Å²) in [7, 11) is 0. The van der Waals surface area contributed by atoms with Crippen LogP contribution < -0.4 is 21.1 Å². The van der Waals surface area contributed by atoms with Gasteiger partial charge in [-0.3, -0.25) is 20.4 Å². The lowest BCUT2D eigenvalue weighted by Crippen LogP contribution is -2.46. The molecule has 3 aromatic carbocycles. The van der Waals surface area contributed by atoms with Crippen molar-refractivity contribution in [3.63, 3.8) is 0 Å². The molecule has 3 aromatic rings. The standard InChI is InChI=1S/C23H22N4O2S/c1-2-13-24-23(30)26-25-21(28)17-11-9-15(10-12-17)14-27-19-8-4-6-16-5-3-7-18(20(16)19)22(27)29/h3-12H,2,13-14H2,1H3,(H,25,28)(H2,24,26,30). The first kappa shape index (κ1) is 19.8. The molecule has 6 nitrogen and oxygen atoms in total. The van der Waals surface area contributed by atoms with Gasteiger partial charge in [0, 0.05) is 23.1 Å². The molecule has 2 amide bonds. The number of nitrogens with one attached hydrogen (secondary N) is 3. The number of hydrazine groups is 1. The highest BCUT2D eigenvalue weighted by Crippen LogP contribution is 2.37. The van der Waals surface area contributed by atoms with E-state index in [2.05, 4.69) is 16.2 Å². The number of hydrogen-bond acceptors (Lipinski definition) is 3. The van der Waals surface area contributed by atoms with Gasteiger partial charge in [0.25, 0.3) is 11.8 Å². The summed E-state index contributed by atoms with van der Waals surface area (Å²) in [6.07, 6.45) is 0.941. The molecule has 0 spiro atoms. The van der Waals surface area contributed by atoms with Gasteiger partial charge in [-0.05, 0) is 53.9 Å². The Kier molecular flexibility index (Phi) is 5.63. The Labute approximate surface area is 180 Å². The zero-order valence-electron chi connectivity index (χ0n) is 16.6. The number of amides is 2. The number of benzene rings is 3. The topological polar surface area (TPSA) is 73.5 Å². The maximum atomic E-state index is 12.9. The van der Waals surface area contributed by atoms with Gasteiger partial charge in [0.15, 0.2) is 5.11 Å². The first-order chi connectivity index (χ1) is 14.6. The predicted molar refractivity (Wildman–Crippen MR) is 122 cm³/mol. The van der Waals surface area contributed by atoms with Crippen LogP contribution in [-0.4, -0.2) is 23.5 Å². The lowest BCUT2D eigenvalue weighted by Gasteiger charge is -2.18. The normalized spacial score (nSPS) is 12.2. The molecule has 0 aliphatic carbocycles.